The second-order valence-corrected chi connectivity index (χ2v) is 9.38. The standard InChI is InChI=1S/C19H17N3O7S2/c1-3-11-4-5-13(9-15(11)30(24,25)26)21-22-18-16(31(27,28)29)8-12-6-10(2)7-14(20)17(12)19(18)23/h3-9,23H,1,20H2,2H3,(H,24,25,26)(H,27,28,29). The third-order valence-electron chi connectivity index (χ3n) is 4.36. The maximum Gasteiger partial charge on any atom is 0.296 e. The molecule has 0 saturated heterocycles. The van der Waals surface area contributed by atoms with Crippen LogP contribution in [0.4, 0.5) is 17.1 Å². The third-order valence-corrected chi connectivity index (χ3v) is 6.14. The number of nitrogens with zero attached hydrogens (tertiary/aromatic N) is 2. The van der Waals surface area contributed by atoms with Gasteiger partial charge in [0.2, 0.25) is 0 Å². The molecule has 0 aliphatic rings. The van der Waals surface area contributed by atoms with Crippen molar-refractivity contribution in [2.24, 2.45) is 10.2 Å². The van der Waals surface area contributed by atoms with E-state index >= 15 is 0 Å². The van der Waals surface area contributed by atoms with Gasteiger partial charge in [0.25, 0.3) is 20.2 Å². The lowest BCUT2D eigenvalue weighted by atomic mass is 10.0. The molecule has 0 radical (unpaired) electrons. The number of aryl methyl sites for hydroxylation is 1. The van der Waals surface area contributed by atoms with E-state index in [0.29, 0.717) is 5.56 Å². The van der Waals surface area contributed by atoms with E-state index in [2.05, 4.69) is 16.8 Å². The Kier molecular flexibility index (Phi) is 5.58. The number of azo groups is 1. The maximum atomic E-state index is 11.9. The van der Waals surface area contributed by atoms with Gasteiger partial charge in [-0.3, -0.25) is 9.11 Å². The minimum Gasteiger partial charge on any atom is -0.505 e. The van der Waals surface area contributed by atoms with Crippen LogP contribution in [-0.2, 0) is 20.2 Å². The van der Waals surface area contributed by atoms with E-state index in [-0.39, 0.29) is 27.7 Å². The van der Waals surface area contributed by atoms with Gasteiger partial charge in [-0.15, -0.1) is 5.11 Å². The largest absolute Gasteiger partial charge is 0.505 e. The molecular weight excluding hydrogens is 446 g/mol. The Bertz CT molecular complexity index is 1480. The Morgan fingerprint density at radius 2 is 1.61 bits per heavy atom. The van der Waals surface area contributed by atoms with Crippen molar-refractivity contribution in [1.82, 2.24) is 0 Å². The monoisotopic (exact) mass is 463 g/mol. The van der Waals surface area contributed by atoms with Crippen molar-refractivity contribution in [1.29, 1.82) is 0 Å². The molecule has 0 aliphatic carbocycles. The van der Waals surface area contributed by atoms with Crippen LogP contribution in [0.15, 0.2) is 63.0 Å². The summed E-state index contributed by atoms with van der Waals surface area (Å²) in [6.45, 7) is 5.17. The smallest absolute Gasteiger partial charge is 0.296 e. The van der Waals surface area contributed by atoms with E-state index in [1.807, 2.05) is 0 Å². The van der Waals surface area contributed by atoms with Gasteiger partial charge in [0.05, 0.1) is 5.69 Å². The molecule has 0 spiro atoms. The molecule has 3 rings (SSSR count). The van der Waals surface area contributed by atoms with Gasteiger partial charge in [-0.25, -0.2) is 0 Å². The number of anilines is 1. The lowest BCUT2D eigenvalue weighted by Gasteiger charge is -2.11. The van der Waals surface area contributed by atoms with E-state index in [0.717, 1.165) is 12.1 Å². The fourth-order valence-corrected chi connectivity index (χ4v) is 4.43. The topological polar surface area (TPSA) is 180 Å². The summed E-state index contributed by atoms with van der Waals surface area (Å²) in [6, 6.07) is 7.83. The Morgan fingerprint density at radius 3 is 2.19 bits per heavy atom. The second kappa shape index (κ2) is 7.74. The fraction of sp³-hybridized carbons (Fsp3) is 0.0526. The summed E-state index contributed by atoms with van der Waals surface area (Å²) in [5.74, 6) is -0.635. The molecule has 10 nitrogen and oxygen atoms in total. The molecule has 0 fully saturated rings. The van der Waals surface area contributed by atoms with Crippen molar-refractivity contribution in [2.45, 2.75) is 16.7 Å². The van der Waals surface area contributed by atoms with Crippen molar-refractivity contribution in [3.8, 4) is 5.75 Å². The van der Waals surface area contributed by atoms with Gasteiger partial charge in [0.1, 0.15) is 15.5 Å². The number of phenolic OH excluding ortho intramolecular Hbond substituents is 1. The van der Waals surface area contributed by atoms with E-state index in [1.165, 1.54) is 18.2 Å². The molecule has 0 bridgehead atoms. The van der Waals surface area contributed by atoms with Crippen LogP contribution in [0.1, 0.15) is 11.1 Å². The molecule has 0 aromatic heterocycles. The highest BCUT2D eigenvalue weighted by Gasteiger charge is 2.23. The average Bonchev–Trinajstić information content (AvgIpc) is 2.64. The molecule has 3 aromatic rings. The van der Waals surface area contributed by atoms with Crippen LogP contribution >= 0.6 is 0 Å². The zero-order valence-corrected chi connectivity index (χ0v) is 17.6. The molecule has 0 amide bonds. The molecule has 3 aromatic carbocycles. The van der Waals surface area contributed by atoms with E-state index in [4.69, 9.17) is 5.73 Å². The first-order chi connectivity index (χ1) is 14.3. The van der Waals surface area contributed by atoms with Gasteiger partial charge >= 0.3 is 0 Å². The van der Waals surface area contributed by atoms with Crippen molar-refractivity contribution in [2.75, 3.05) is 5.73 Å². The summed E-state index contributed by atoms with van der Waals surface area (Å²) < 4.78 is 65.9. The van der Waals surface area contributed by atoms with E-state index < -0.39 is 41.5 Å². The van der Waals surface area contributed by atoms with Crippen LogP contribution in [0.25, 0.3) is 16.8 Å². The van der Waals surface area contributed by atoms with Crippen LogP contribution in [0, 0.1) is 6.92 Å². The zero-order valence-electron chi connectivity index (χ0n) is 16.0. The number of phenols is 1. The summed E-state index contributed by atoms with van der Waals surface area (Å²) in [5, 5.41) is 18.5. The molecule has 0 aliphatic heterocycles. The van der Waals surface area contributed by atoms with Crippen molar-refractivity contribution in [3.05, 3.63) is 54.1 Å². The van der Waals surface area contributed by atoms with Crippen LogP contribution in [0.2, 0.25) is 0 Å². The van der Waals surface area contributed by atoms with Crippen LogP contribution < -0.4 is 5.73 Å². The molecule has 0 atom stereocenters. The highest BCUT2D eigenvalue weighted by atomic mass is 32.2. The van der Waals surface area contributed by atoms with Gasteiger partial charge in [-0.1, -0.05) is 24.8 Å². The number of hydrogen-bond acceptors (Lipinski definition) is 8. The first-order valence-electron chi connectivity index (χ1n) is 8.52. The van der Waals surface area contributed by atoms with Gasteiger partial charge < -0.3 is 10.8 Å². The zero-order chi connectivity index (χ0) is 23.1. The lowest BCUT2D eigenvalue weighted by Crippen LogP contribution is -2.00. The number of benzene rings is 3. The number of nitrogen functional groups attached to an aromatic ring is 1. The number of aromatic hydroxyl groups is 1. The van der Waals surface area contributed by atoms with E-state index in [1.54, 1.807) is 19.1 Å². The van der Waals surface area contributed by atoms with Gasteiger partial charge in [0, 0.05) is 11.1 Å². The summed E-state index contributed by atoms with van der Waals surface area (Å²) in [5.41, 5.74) is 6.22. The highest BCUT2D eigenvalue weighted by Crippen LogP contribution is 2.44. The highest BCUT2D eigenvalue weighted by molar-refractivity contribution is 7.86. The predicted molar refractivity (Wildman–Crippen MR) is 115 cm³/mol. The van der Waals surface area contributed by atoms with Crippen LogP contribution in [0.3, 0.4) is 0 Å². The second-order valence-electron chi connectivity index (χ2n) is 6.60. The number of nitrogens with two attached hydrogens (primary N) is 1. The summed E-state index contributed by atoms with van der Waals surface area (Å²) in [7, 11) is -9.43. The number of rotatable bonds is 5. The molecular formula is C19H17N3O7S2. The SMILES string of the molecule is C=Cc1ccc(N=Nc2c(S(=O)(=O)O)cc3cc(C)cc(N)c3c2O)cc1S(=O)(=O)O. The van der Waals surface area contributed by atoms with E-state index in [9.17, 15) is 31.0 Å². The minimum atomic E-state index is -4.82. The summed E-state index contributed by atoms with van der Waals surface area (Å²) >= 11 is 0. The Balaban J connectivity index is 2.27. The first kappa shape index (κ1) is 22.4. The number of hydrogen-bond donors (Lipinski definition) is 4. The molecule has 12 heteroatoms. The lowest BCUT2D eigenvalue weighted by molar-refractivity contribution is 0.472. The quantitative estimate of drug-likeness (QED) is 0.249. The normalized spacial score (nSPS) is 12.5. The summed E-state index contributed by atoms with van der Waals surface area (Å²) in [6.07, 6.45) is 1.21. The van der Waals surface area contributed by atoms with Gasteiger partial charge in [-0.2, -0.15) is 21.9 Å². The van der Waals surface area contributed by atoms with Crippen LogP contribution in [0.5, 0.6) is 5.75 Å². The third kappa shape index (κ3) is 4.41. The molecule has 162 valence electrons. The minimum absolute atomic E-state index is 0.0871. The first-order valence-corrected chi connectivity index (χ1v) is 11.4. The van der Waals surface area contributed by atoms with Crippen molar-refractivity contribution < 1.29 is 31.0 Å². The van der Waals surface area contributed by atoms with Crippen LogP contribution in [-0.4, -0.2) is 31.0 Å². The number of fused-ring (bicyclic) bond motifs is 1. The van der Waals surface area contributed by atoms with Crippen molar-refractivity contribution in [3.63, 3.8) is 0 Å². The maximum absolute atomic E-state index is 11.9. The average molecular weight is 463 g/mol. The Labute approximate surface area is 177 Å². The molecule has 5 N–H and O–H groups in total. The van der Waals surface area contributed by atoms with Crippen molar-refractivity contribution >= 4 is 54.1 Å². The van der Waals surface area contributed by atoms with Gasteiger partial charge in [-0.05, 0) is 47.7 Å². The molecule has 0 saturated carbocycles. The predicted octanol–water partition coefficient (Wildman–Crippen LogP) is 3.99. The summed E-state index contributed by atoms with van der Waals surface area (Å²) in [4.78, 5) is -1.21. The fourth-order valence-electron chi connectivity index (χ4n) is 3.05. The molecule has 31 heavy (non-hydrogen) atoms. The molecule has 0 unspecified atom stereocenters. The Morgan fingerprint density at radius 1 is 0.968 bits per heavy atom. The molecule has 0 heterocycles. The Hall–Kier alpha value is -3.32. The van der Waals surface area contributed by atoms with Gasteiger partial charge in [0.15, 0.2) is 5.75 Å².